The Bertz CT molecular complexity index is 1000. The summed E-state index contributed by atoms with van der Waals surface area (Å²) in [6.45, 7) is 0. The number of thioether (sulfide) groups is 1. The van der Waals surface area contributed by atoms with Crippen LogP contribution in [0.3, 0.4) is 0 Å². The Balaban J connectivity index is 1.53. The number of carbonyl (C=O) groups is 1. The number of fused-ring (bicyclic) bond motifs is 1. The van der Waals surface area contributed by atoms with Crippen LogP contribution in [-0.4, -0.2) is 44.1 Å². The summed E-state index contributed by atoms with van der Waals surface area (Å²) in [5, 5.41) is 19.2. The first-order valence-corrected chi connectivity index (χ1v) is 10.6. The van der Waals surface area contributed by atoms with Gasteiger partial charge in [0.05, 0.1) is 23.9 Å². The number of nitrogens with one attached hydrogen (secondary N) is 1. The van der Waals surface area contributed by atoms with E-state index >= 15 is 0 Å². The summed E-state index contributed by atoms with van der Waals surface area (Å²) < 4.78 is 10.6. The minimum absolute atomic E-state index is 0.0109. The third-order valence-electron chi connectivity index (χ3n) is 5.01. The number of benzene rings is 1. The van der Waals surface area contributed by atoms with Crippen LogP contribution in [0.1, 0.15) is 49.7 Å². The molecule has 1 fully saturated rings. The topological polar surface area (TPSA) is 114 Å². The van der Waals surface area contributed by atoms with Gasteiger partial charge in [0.2, 0.25) is 5.89 Å². The summed E-state index contributed by atoms with van der Waals surface area (Å²) >= 11 is 1.17. The molecular formula is C20H22N4O4S. The zero-order valence-corrected chi connectivity index (χ0v) is 16.9. The molecule has 1 aromatic carbocycles. The Labute approximate surface area is 171 Å². The molecule has 0 bridgehead atoms. The number of imidazole rings is 1. The summed E-state index contributed by atoms with van der Waals surface area (Å²) in [5.41, 5.74) is 1.44. The molecule has 8 nitrogen and oxygen atoms in total. The summed E-state index contributed by atoms with van der Waals surface area (Å²) in [6.07, 6.45) is 5.74. The number of hydrogen-bond acceptors (Lipinski definition) is 8. The van der Waals surface area contributed by atoms with Crippen LogP contribution in [0.5, 0.6) is 0 Å². The first-order chi connectivity index (χ1) is 14.2. The highest BCUT2D eigenvalue weighted by atomic mass is 32.2. The van der Waals surface area contributed by atoms with Gasteiger partial charge in [-0.2, -0.15) is 0 Å². The van der Waals surface area contributed by atoms with Gasteiger partial charge in [0.1, 0.15) is 17.2 Å². The van der Waals surface area contributed by atoms with Crippen molar-refractivity contribution in [1.29, 1.82) is 0 Å². The molecule has 4 rings (SSSR count). The average molecular weight is 414 g/mol. The molecular weight excluding hydrogens is 392 g/mol. The molecule has 1 aliphatic carbocycles. The lowest BCUT2D eigenvalue weighted by Gasteiger charge is -2.17. The Hall–Kier alpha value is -2.81. The van der Waals surface area contributed by atoms with E-state index in [-0.39, 0.29) is 22.9 Å². The van der Waals surface area contributed by atoms with Gasteiger partial charge in [0.25, 0.3) is 5.22 Å². The van der Waals surface area contributed by atoms with Gasteiger partial charge in [-0.25, -0.2) is 9.78 Å². The predicted molar refractivity (Wildman–Crippen MR) is 109 cm³/mol. The summed E-state index contributed by atoms with van der Waals surface area (Å²) in [4.78, 5) is 19.7. The van der Waals surface area contributed by atoms with Crippen molar-refractivity contribution < 1.29 is 19.1 Å². The second-order valence-electron chi connectivity index (χ2n) is 6.95. The highest BCUT2D eigenvalue weighted by Crippen LogP contribution is 2.33. The second-order valence-corrected chi connectivity index (χ2v) is 7.87. The number of methoxy groups -OCH3 is 1. The van der Waals surface area contributed by atoms with E-state index in [0.717, 1.165) is 18.4 Å². The standard InChI is InChI=1S/C20H22N4O4S/c1-27-19(26)16(17-21-13-9-5-6-10-14(13)22-17)15(25)11-29-20-24-23-18(28-20)12-7-3-2-4-8-12/h5-6,9-10,12,25H,2-4,7-8,11H2,1H3,(H,21,22)/b16-15+. The molecule has 0 atom stereocenters. The molecule has 2 aromatic heterocycles. The van der Waals surface area contributed by atoms with Crippen LogP contribution in [0.4, 0.5) is 0 Å². The normalized spacial score (nSPS) is 16.0. The van der Waals surface area contributed by atoms with Crippen LogP contribution < -0.4 is 0 Å². The number of rotatable bonds is 6. The zero-order chi connectivity index (χ0) is 20.2. The SMILES string of the molecule is COC(=O)/C(=C(/O)CSc1nnc(C2CCCCC2)o1)c1nc2ccccc2[nH]1. The van der Waals surface area contributed by atoms with Crippen LogP contribution in [-0.2, 0) is 9.53 Å². The minimum atomic E-state index is -0.671. The Morgan fingerprint density at radius 1 is 1.28 bits per heavy atom. The molecule has 2 heterocycles. The largest absolute Gasteiger partial charge is 0.510 e. The van der Waals surface area contributed by atoms with Crippen LogP contribution in [0.25, 0.3) is 16.6 Å². The number of H-pyrrole nitrogens is 1. The number of esters is 1. The number of nitrogens with zero attached hydrogens (tertiary/aromatic N) is 3. The highest BCUT2D eigenvalue weighted by molar-refractivity contribution is 7.99. The van der Waals surface area contributed by atoms with Crippen molar-refractivity contribution in [3.05, 3.63) is 41.7 Å². The van der Waals surface area contributed by atoms with Crippen molar-refractivity contribution in [1.82, 2.24) is 20.2 Å². The lowest BCUT2D eigenvalue weighted by molar-refractivity contribution is -0.133. The van der Waals surface area contributed by atoms with E-state index in [1.165, 1.54) is 38.1 Å². The number of aromatic amines is 1. The summed E-state index contributed by atoms with van der Waals surface area (Å²) in [6, 6.07) is 7.38. The third kappa shape index (κ3) is 4.29. The molecule has 9 heteroatoms. The molecule has 0 saturated heterocycles. The number of ether oxygens (including phenoxy) is 1. The van der Waals surface area contributed by atoms with Gasteiger partial charge in [-0.05, 0) is 25.0 Å². The van der Waals surface area contributed by atoms with Crippen LogP contribution in [0, 0.1) is 0 Å². The van der Waals surface area contributed by atoms with Gasteiger partial charge in [-0.1, -0.05) is 43.2 Å². The van der Waals surface area contributed by atoms with Gasteiger partial charge in [0.15, 0.2) is 0 Å². The van der Waals surface area contributed by atoms with Crippen LogP contribution in [0.2, 0.25) is 0 Å². The maximum atomic E-state index is 12.3. The van der Waals surface area contributed by atoms with Crippen LogP contribution >= 0.6 is 11.8 Å². The van der Waals surface area contributed by atoms with Gasteiger partial charge in [0, 0.05) is 5.92 Å². The smallest absolute Gasteiger partial charge is 0.345 e. The van der Waals surface area contributed by atoms with E-state index in [1.807, 2.05) is 24.3 Å². The molecule has 0 spiro atoms. The molecule has 0 radical (unpaired) electrons. The monoisotopic (exact) mass is 414 g/mol. The highest BCUT2D eigenvalue weighted by Gasteiger charge is 2.24. The van der Waals surface area contributed by atoms with E-state index in [1.54, 1.807) is 0 Å². The number of hydrogen-bond donors (Lipinski definition) is 2. The van der Waals surface area contributed by atoms with Crippen molar-refractivity contribution in [2.45, 2.75) is 43.2 Å². The maximum absolute atomic E-state index is 12.3. The molecule has 0 unspecified atom stereocenters. The van der Waals surface area contributed by atoms with Crippen molar-refractivity contribution in [2.24, 2.45) is 0 Å². The van der Waals surface area contributed by atoms with E-state index in [2.05, 4.69) is 20.2 Å². The predicted octanol–water partition coefficient (Wildman–Crippen LogP) is 4.23. The fourth-order valence-electron chi connectivity index (χ4n) is 3.52. The number of aliphatic hydroxyl groups is 1. The molecule has 152 valence electrons. The fourth-order valence-corrected chi connectivity index (χ4v) is 4.17. The quantitative estimate of drug-likeness (QED) is 0.267. The molecule has 0 aliphatic heterocycles. The van der Waals surface area contributed by atoms with E-state index < -0.39 is 5.97 Å². The summed E-state index contributed by atoms with van der Waals surface area (Å²) in [5.74, 6) is 0.462. The second kappa shape index (κ2) is 8.69. The van der Waals surface area contributed by atoms with Gasteiger partial charge in [-0.15, -0.1) is 10.2 Å². The number of aliphatic hydroxyl groups excluding tert-OH is 1. The van der Waals surface area contributed by atoms with Crippen molar-refractivity contribution in [3.8, 4) is 0 Å². The van der Waals surface area contributed by atoms with Gasteiger partial charge < -0.3 is 19.2 Å². The van der Waals surface area contributed by atoms with Crippen molar-refractivity contribution in [3.63, 3.8) is 0 Å². The fraction of sp³-hybridized carbons (Fsp3) is 0.400. The average Bonchev–Trinajstić information content (AvgIpc) is 3.40. The number of para-hydroxylation sites is 2. The minimum Gasteiger partial charge on any atom is -0.510 e. The van der Waals surface area contributed by atoms with E-state index in [0.29, 0.717) is 22.5 Å². The third-order valence-corrected chi connectivity index (χ3v) is 5.84. The first-order valence-electron chi connectivity index (χ1n) is 9.57. The lowest BCUT2D eigenvalue weighted by atomic mass is 9.89. The Morgan fingerprint density at radius 2 is 2.07 bits per heavy atom. The Morgan fingerprint density at radius 3 is 2.83 bits per heavy atom. The zero-order valence-electron chi connectivity index (χ0n) is 16.1. The lowest BCUT2D eigenvalue weighted by Crippen LogP contribution is -2.09. The van der Waals surface area contributed by atoms with Crippen molar-refractivity contribution >= 4 is 34.3 Å². The first kappa shape index (κ1) is 19.5. The molecule has 29 heavy (non-hydrogen) atoms. The van der Waals surface area contributed by atoms with Crippen LogP contribution in [0.15, 0.2) is 39.7 Å². The van der Waals surface area contributed by atoms with Gasteiger partial charge >= 0.3 is 5.97 Å². The summed E-state index contributed by atoms with van der Waals surface area (Å²) in [7, 11) is 1.26. The molecule has 3 aromatic rings. The maximum Gasteiger partial charge on any atom is 0.345 e. The van der Waals surface area contributed by atoms with Crippen molar-refractivity contribution in [2.75, 3.05) is 12.9 Å². The molecule has 1 saturated carbocycles. The molecule has 2 N–H and O–H groups in total. The van der Waals surface area contributed by atoms with E-state index in [4.69, 9.17) is 9.15 Å². The number of carbonyl (C=O) groups excluding carboxylic acids is 1. The number of aromatic nitrogens is 4. The molecule has 0 amide bonds. The van der Waals surface area contributed by atoms with Gasteiger partial charge in [-0.3, -0.25) is 0 Å². The molecule has 1 aliphatic rings. The Kier molecular flexibility index (Phi) is 5.84. The van der Waals surface area contributed by atoms with E-state index in [9.17, 15) is 9.90 Å².